The second-order valence-corrected chi connectivity index (χ2v) is 7.57. The monoisotopic (exact) mass is 405 g/mol. The van der Waals surface area contributed by atoms with Gasteiger partial charge in [0, 0.05) is 27.0 Å². The summed E-state index contributed by atoms with van der Waals surface area (Å²) in [5, 5.41) is 10.1. The summed E-state index contributed by atoms with van der Waals surface area (Å²) in [5.41, 5.74) is 0.816. The number of rotatable bonds is 4. The van der Waals surface area contributed by atoms with Gasteiger partial charge in [0.2, 0.25) is 0 Å². The second kappa shape index (κ2) is 7.72. The highest BCUT2D eigenvalue weighted by molar-refractivity contribution is 7.21. The first-order valence-electron chi connectivity index (χ1n) is 9.77. The van der Waals surface area contributed by atoms with Gasteiger partial charge in [-0.3, -0.25) is 4.90 Å². The number of hydrogen-bond donors (Lipinski definition) is 1. The minimum absolute atomic E-state index is 0.0939. The lowest BCUT2D eigenvalue weighted by Crippen LogP contribution is -2.38. The summed E-state index contributed by atoms with van der Waals surface area (Å²) in [6.07, 6.45) is 1.91. The van der Waals surface area contributed by atoms with Crippen LogP contribution in [0, 0.1) is 17.1 Å². The molecule has 0 aliphatic carbocycles. The lowest BCUT2D eigenvalue weighted by Gasteiger charge is -2.32. The van der Waals surface area contributed by atoms with Gasteiger partial charge in [-0.1, -0.05) is 29.0 Å². The molecule has 9 heteroatoms. The smallest absolute Gasteiger partial charge is 0.186 e. The Morgan fingerprint density at radius 2 is 2.30 bits per heavy atom. The fourth-order valence-corrected chi connectivity index (χ4v) is 3.82. The maximum absolute atomic E-state index is 13.6. The Morgan fingerprint density at radius 3 is 3.07 bits per heavy atom. The molecule has 0 saturated carbocycles. The molecule has 1 fully saturated rings. The quantitative estimate of drug-likeness (QED) is 0.710. The number of thiazole rings is 1. The number of benzene rings is 1. The number of nitrogens with one attached hydrogen (secondary N) is 1. The van der Waals surface area contributed by atoms with E-state index in [1.54, 1.807) is 6.07 Å². The van der Waals surface area contributed by atoms with Crippen molar-refractivity contribution in [2.24, 2.45) is 0 Å². The molecule has 4 rings (SSSR count). The number of piperidine rings is 1. The molecule has 1 unspecified atom stereocenters. The molecule has 1 atom stereocenters. The van der Waals surface area contributed by atoms with Crippen molar-refractivity contribution < 1.29 is 8.54 Å². The molecule has 0 bridgehead atoms. The number of likely N-dealkylation sites (tertiary alicyclic amines) is 1. The van der Waals surface area contributed by atoms with Crippen molar-refractivity contribution in [2.45, 2.75) is 25.4 Å². The van der Waals surface area contributed by atoms with Crippen LogP contribution in [0.5, 0.6) is 0 Å². The third-order valence-electron chi connectivity index (χ3n) is 4.23. The van der Waals surface area contributed by atoms with Crippen LogP contribution in [0.2, 0.25) is 5.88 Å². The van der Waals surface area contributed by atoms with Crippen molar-refractivity contribution in [3.8, 4) is 6.07 Å². The van der Waals surface area contributed by atoms with E-state index in [2.05, 4.69) is 15.0 Å². The van der Waals surface area contributed by atoms with Gasteiger partial charge in [-0.05, 0) is 30.5 Å². The van der Waals surface area contributed by atoms with Crippen molar-refractivity contribution in [3.05, 3.63) is 45.9 Å². The van der Waals surface area contributed by atoms with E-state index in [9.17, 15) is 4.39 Å². The van der Waals surface area contributed by atoms with Gasteiger partial charge in [0.05, 0.1) is 6.93 Å². The topological polar surface area (TPSA) is 77.7 Å². The van der Waals surface area contributed by atoms with E-state index in [1.165, 1.54) is 35.9 Å². The van der Waals surface area contributed by atoms with E-state index < -0.39 is 18.4 Å². The minimum atomic E-state index is -1.26. The molecule has 27 heavy (non-hydrogen) atoms. The van der Waals surface area contributed by atoms with E-state index >= 15 is 0 Å². The highest BCUT2D eigenvalue weighted by atomic mass is 35.5. The van der Waals surface area contributed by atoms with Crippen molar-refractivity contribution in [3.63, 3.8) is 0 Å². The summed E-state index contributed by atoms with van der Waals surface area (Å²) < 4.78 is 39.7. The number of nitrogens with zero attached hydrogens (tertiary/aromatic N) is 5. The van der Waals surface area contributed by atoms with Crippen molar-refractivity contribution in [1.29, 1.82) is 5.26 Å². The maximum atomic E-state index is 13.6. The van der Waals surface area contributed by atoms with Gasteiger partial charge in [0.1, 0.15) is 28.6 Å². The van der Waals surface area contributed by atoms with Gasteiger partial charge in [0.15, 0.2) is 11.7 Å². The summed E-state index contributed by atoms with van der Waals surface area (Å²) in [6.45, 7) is -0.0129. The number of nitriles is 1. The summed E-state index contributed by atoms with van der Waals surface area (Å²) in [5.74, 6) is -0.383. The van der Waals surface area contributed by atoms with Crippen LogP contribution in [0.3, 0.4) is 0 Å². The third-order valence-corrected chi connectivity index (χ3v) is 5.30. The van der Waals surface area contributed by atoms with Crippen LogP contribution in [0.4, 0.5) is 10.2 Å². The fraction of sp³-hybridized carbons (Fsp3) is 0.333. The molecule has 0 amide bonds. The van der Waals surface area contributed by atoms with Crippen LogP contribution in [0.15, 0.2) is 24.5 Å². The summed E-state index contributed by atoms with van der Waals surface area (Å²) in [7, 11) is 0. The molecule has 3 aromatic rings. The van der Waals surface area contributed by atoms with Crippen LogP contribution >= 0.6 is 22.9 Å². The zero-order valence-electron chi connectivity index (χ0n) is 17.1. The lowest BCUT2D eigenvalue weighted by molar-refractivity contribution is 0.211. The Labute approximate surface area is 168 Å². The number of halogens is 2. The van der Waals surface area contributed by atoms with Gasteiger partial charge in [-0.25, -0.2) is 19.3 Å². The van der Waals surface area contributed by atoms with E-state index in [4.69, 9.17) is 21.0 Å². The Hall–Kier alpha value is -2.34. The van der Waals surface area contributed by atoms with E-state index in [1.807, 2.05) is 4.90 Å². The second-order valence-electron chi connectivity index (χ2n) is 6.01. The third kappa shape index (κ3) is 4.00. The molecular formula is C18H16ClFN6S. The van der Waals surface area contributed by atoms with Crippen LogP contribution in [0.1, 0.15) is 26.7 Å². The maximum Gasteiger partial charge on any atom is 0.186 e. The predicted octanol–water partition coefficient (Wildman–Crippen LogP) is 3.83. The van der Waals surface area contributed by atoms with E-state index in [0.29, 0.717) is 46.3 Å². The van der Waals surface area contributed by atoms with Crippen molar-refractivity contribution >= 4 is 39.1 Å². The molecule has 138 valence electrons. The predicted molar refractivity (Wildman–Crippen MR) is 103 cm³/mol. The van der Waals surface area contributed by atoms with E-state index in [-0.39, 0.29) is 11.4 Å². The number of aromatic nitrogens is 3. The number of fused-ring (bicyclic) bond motifs is 1. The van der Waals surface area contributed by atoms with Crippen molar-refractivity contribution in [1.82, 2.24) is 19.9 Å². The molecule has 1 N–H and O–H groups in total. The van der Waals surface area contributed by atoms with E-state index in [0.717, 1.165) is 5.31 Å². The van der Waals surface area contributed by atoms with Crippen molar-refractivity contribution in [2.75, 3.05) is 18.4 Å². The Morgan fingerprint density at radius 1 is 1.48 bits per heavy atom. The molecule has 2 aromatic heterocycles. The lowest BCUT2D eigenvalue weighted by atomic mass is 10.0. The van der Waals surface area contributed by atoms with Gasteiger partial charge in [-0.15, -0.1) is 0 Å². The Bertz CT molecular complexity index is 1130. The average molecular weight is 406 g/mol. The van der Waals surface area contributed by atoms with Gasteiger partial charge in [-0.2, -0.15) is 5.26 Å². The number of anilines is 1. The first-order valence-corrected chi connectivity index (χ1v) is 9.44. The van der Waals surface area contributed by atoms with Crippen LogP contribution in [0.25, 0.3) is 10.3 Å². The fourth-order valence-electron chi connectivity index (χ4n) is 2.89. The first kappa shape index (κ1) is 14.7. The molecule has 1 aromatic carbocycles. The average Bonchev–Trinajstić information content (AvgIpc) is 3.14. The zero-order valence-corrected chi connectivity index (χ0v) is 15.6. The minimum Gasteiger partial charge on any atom is -0.365 e. The molecular weight excluding hydrogens is 387 g/mol. The molecule has 1 aliphatic heterocycles. The highest BCUT2D eigenvalue weighted by Crippen LogP contribution is 2.28. The summed E-state index contributed by atoms with van der Waals surface area (Å²) in [4.78, 5) is 14.8. The Balaban J connectivity index is 1.51. The van der Waals surface area contributed by atoms with Gasteiger partial charge >= 0.3 is 0 Å². The molecule has 6 nitrogen and oxygen atoms in total. The molecule has 1 saturated heterocycles. The van der Waals surface area contributed by atoms with Crippen LogP contribution in [-0.2, 0) is 6.52 Å². The van der Waals surface area contributed by atoms with Gasteiger partial charge < -0.3 is 5.31 Å². The molecule has 0 spiro atoms. The largest absolute Gasteiger partial charge is 0.365 e. The normalized spacial score (nSPS) is 19.7. The van der Waals surface area contributed by atoms with Crippen LogP contribution < -0.4 is 5.31 Å². The first-order chi connectivity index (χ1) is 14.3. The standard InChI is InChI=1S/C18H16ClFN6S/c19-18-25-15-16(22-10-23-17(15)27-18)24-13-3-5-26(6-4-13)9-11-1-2-14(20)12(7-11)8-21/h1-2,7,10,13H,3-6,9H2,(H,22,23,24)/i9D,13D/hD. The zero-order chi connectivity index (χ0) is 21.5. The number of hydrogen-bond acceptors (Lipinski definition) is 7. The van der Waals surface area contributed by atoms with Crippen LogP contribution in [-0.4, -0.2) is 39.0 Å². The Kier molecular flexibility index (Phi) is 4.20. The molecule has 1 aliphatic rings. The SMILES string of the molecule is [2H]C(c1ccc(F)c(C#N)c1)N1CCC([2H])(N([2H])c2ncnc3sc(Cl)nc23)CC1. The van der Waals surface area contributed by atoms with Gasteiger partial charge in [0.25, 0.3) is 0 Å². The highest BCUT2D eigenvalue weighted by Gasteiger charge is 2.21. The molecule has 3 heterocycles. The summed E-state index contributed by atoms with van der Waals surface area (Å²) >= 11 is 7.15. The molecule has 0 radical (unpaired) electrons. The summed E-state index contributed by atoms with van der Waals surface area (Å²) in [6, 6.07) is 4.61.